The molecule has 1 aromatic rings. The summed E-state index contributed by atoms with van der Waals surface area (Å²) in [7, 11) is 0. The van der Waals surface area contributed by atoms with Crippen molar-refractivity contribution >= 4 is 11.6 Å². The van der Waals surface area contributed by atoms with Gasteiger partial charge in [0.1, 0.15) is 0 Å². The third kappa shape index (κ3) is 2.35. The molecule has 2 rings (SSSR count). The van der Waals surface area contributed by atoms with Crippen molar-refractivity contribution in [1.82, 2.24) is 0 Å². The Labute approximate surface area is 106 Å². The fraction of sp³-hybridized carbons (Fsp3) is 0.538. The molecule has 0 bridgehead atoms. The van der Waals surface area contributed by atoms with Crippen LogP contribution in [0.3, 0.4) is 0 Å². The van der Waals surface area contributed by atoms with Crippen LogP contribution in [0.2, 0.25) is 5.02 Å². The van der Waals surface area contributed by atoms with Gasteiger partial charge in [-0.3, -0.25) is 0 Å². The number of rotatable bonds is 1. The molecule has 1 aliphatic heterocycles. The summed E-state index contributed by atoms with van der Waals surface area (Å²) in [5.74, 6) is 1.25. The van der Waals surface area contributed by atoms with E-state index in [1.165, 1.54) is 0 Å². The summed E-state index contributed by atoms with van der Waals surface area (Å²) in [5, 5.41) is 10.6. The molecule has 3 nitrogen and oxygen atoms in total. The Morgan fingerprint density at radius 3 is 2.41 bits per heavy atom. The standard InChI is InChI=1S/C13H17ClO3/c1-8-9(13(2,3)15)7-10(14)12-11(8)16-5-4-6-17-12/h7,15H,4-6H2,1-3H3. The van der Waals surface area contributed by atoms with E-state index in [4.69, 9.17) is 21.1 Å². The van der Waals surface area contributed by atoms with Crippen LogP contribution in [-0.4, -0.2) is 18.3 Å². The van der Waals surface area contributed by atoms with Gasteiger partial charge in [0, 0.05) is 12.0 Å². The summed E-state index contributed by atoms with van der Waals surface area (Å²) < 4.78 is 11.3. The molecule has 0 aliphatic carbocycles. The van der Waals surface area contributed by atoms with Crippen LogP contribution in [0, 0.1) is 6.92 Å². The number of aliphatic hydroxyl groups is 1. The molecule has 0 saturated heterocycles. The van der Waals surface area contributed by atoms with Gasteiger partial charge in [-0.1, -0.05) is 11.6 Å². The topological polar surface area (TPSA) is 38.7 Å². The number of halogens is 1. The second kappa shape index (κ2) is 4.39. The predicted octanol–water partition coefficient (Wildman–Crippen LogP) is 3.04. The summed E-state index contributed by atoms with van der Waals surface area (Å²) in [6, 6.07) is 1.75. The lowest BCUT2D eigenvalue weighted by Crippen LogP contribution is -2.18. The molecule has 0 unspecified atom stereocenters. The quantitative estimate of drug-likeness (QED) is 0.839. The number of hydrogen-bond acceptors (Lipinski definition) is 3. The molecule has 0 atom stereocenters. The minimum atomic E-state index is -0.946. The van der Waals surface area contributed by atoms with Crippen LogP contribution in [0.4, 0.5) is 0 Å². The molecule has 1 aromatic carbocycles. The SMILES string of the molecule is Cc1c(C(C)(C)O)cc(Cl)c2c1OCCCO2. The summed E-state index contributed by atoms with van der Waals surface area (Å²) in [6.45, 7) is 6.59. The van der Waals surface area contributed by atoms with Gasteiger partial charge < -0.3 is 14.6 Å². The average molecular weight is 257 g/mol. The number of hydrogen-bond donors (Lipinski definition) is 1. The second-order valence-electron chi connectivity index (χ2n) is 4.80. The van der Waals surface area contributed by atoms with E-state index in [1.54, 1.807) is 19.9 Å². The summed E-state index contributed by atoms with van der Waals surface area (Å²) >= 11 is 6.18. The Morgan fingerprint density at radius 2 is 1.82 bits per heavy atom. The van der Waals surface area contributed by atoms with E-state index in [2.05, 4.69) is 0 Å². The molecule has 0 fully saturated rings. The Hall–Kier alpha value is -0.930. The van der Waals surface area contributed by atoms with E-state index in [0.29, 0.717) is 29.7 Å². The van der Waals surface area contributed by atoms with E-state index in [9.17, 15) is 5.11 Å². The van der Waals surface area contributed by atoms with Gasteiger partial charge in [0.25, 0.3) is 0 Å². The highest BCUT2D eigenvalue weighted by Crippen LogP contribution is 2.43. The van der Waals surface area contributed by atoms with Gasteiger partial charge in [0.15, 0.2) is 11.5 Å². The molecule has 17 heavy (non-hydrogen) atoms. The minimum absolute atomic E-state index is 0.490. The predicted molar refractivity (Wildman–Crippen MR) is 67.0 cm³/mol. The third-order valence-corrected chi connectivity index (χ3v) is 3.16. The number of ether oxygens (including phenoxy) is 2. The highest BCUT2D eigenvalue weighted by atomic mass is 35.5. The Kier molecular flexibility index (Phi) is 3.23. The summed E-state index contributed by atoms with van der Waals surface area (Å²) in [6.07, 6.45) is 0.836. The molecule has 4 heteroatoms. The van der Waals surface area contributed by atoms with Gasteiger partial charge in [0.2, 0.25) is 0 Å². The van der Waals surface area contributed by atoms with E-state index in [1.807, 2.05) is 6.92 Å². The third-order valence-electron chi connectivity index (χ3n) is 2.88. The van der Waals surface area contributed by atoms with Gasteiger partial charge in [0.05, 0.1) is 23.8 Å². The highest BCUT2D eigenvalue weighted by molar-refractivity contribution is 6.32. The molecule has 94 valence electrons. The summed E-state index contributed by atoms with van der Waals surface area (Å²) in [4.78, 5) is 0. The average Bonchev–Trinajstić information content (AvgIpc) is 2.47. The normalized spacial score (nSPS) is 15.6. The molecule has 1 N–H and O–H groups in total. The van der Waals surface area contributed by atoms with E-state index in [-0.39, 0.29) is 0 Å². The smallest absolute Gasteiger partial charge is 0.180 e. The van der Waals surface area contributed by atoms with Crippen LogP contribution in [0.5, 0.6) is 11.5 Å². The van der Waals surface area contributed by atoms with Crippen molar-refractivity contribution in [3.8, 4) is 11.5 Å². The lowest BCUT2D eigenvalue weighted by molar-refractivity contribution is 0.0775. The molecule has 0 amide bonds. The second-order valence-corrected chi connectivity index (χ2v) is 5.21. The Balaban J connectivity index is 2.61. The molecular formula is C13H17ClO3. The van der Waals surface area contributed by atoms with E-state index in [0.717, 1.165) is 17.5 Å². The van der Waals surface area contributed by atoms with E-state index >= 15 is 0 Å². The maximum Gasteiger partial charge on any atom is 0.180 e. The first-order chi connectivity index (χ1) is 7.91. The van der Waals surface area contributed by atoms with Gasteiger partial charge >= 0.3 is 0 Å². The first-order valence-electron chi connectivity index (χ1n) is 5.73. The van der Waals surface area contributed by atoms with Crippen molar-refractivity contribution in [2.45, 2.75) is 32.8 Å². The first kappa shape index (κ1) is 12.5. The molecule has 0 saturated carbocycles. The highest BCUT2D eigenvalue weighted by Gasteiger charge is 2.26. The maximum absolute atomic E-state index is 10.1. The fourth-order valence-corrected chi connectivity index (χ4v) is 2.30. The van der Waals surface area contributed by atoms with Crippen LogP contribution >= 0.6 is 11.6 Å². The molecule has 1 aliphatic rings. The maximum atomic E-state index is 10.1. The largest absolute Gasteiger partial charge is 0.489 e. The van der Waals surface area contributed by atoms with E-state index < -0.39 is 5.60 Å². The van der Waals surface area contributed by atoms with Crippen molar-refractivity contribution in [3.63, 3.8) is 0 Å². The Morgan fingerprint density at radius 1 is 1.24 bits per heavy atom. The van der Waals surface area contributed by atoms with Gasteiger partial charge in [-0.2, -0.15) is 0 Å². The lowest BCUT2D eigenvalue weighted by Gasteiger charge is -2.23. The zero-order valence-corrected chi connectivity index (χ0v) is 11.1. The monoisotopic (exact) mass is 256 g/mol. The van der Waals surface area contributed by atoms with Crippen molar-refractivity contribution in [2.24, 2.45) is 0 Å². The lowest BCUT2D eigenvalue weighted by atomic mass is 9.93. The first-order valence-corrected chi connectivity index (χ1v) is 6.10. The Bertz CT molecular complexity index is 435. The minimum Gasteiger partial charge on any atom is -0.489 e. The summed E-state index contributed by atoms with van der Waals surface area (Å²) in [5.41, 5.74) is 0.712. The van der Waals surface area contributed by atoms with Gasteiger partial charge in [-0.25, -0.2) is 0 Å². The van der Waals surface area contributed by atoms with Crippen molar-refractivity contribution in [3.05, 3.63) is 22.2 Å². The van der Waals surface area contributed by atoms with Crippen LogP contribution in [0.15, 0.2) is 6.07 Å². The van der Waals surface area contributed by atoms with Crippen LogP contribution in [-0.2, 0) is 5.60 Å². The van der Waals surface area contributed by atoms with Gasteiger partial charge in [-0.05, 0) is 32.4 Å². The number of fused-ring (bicyclic) bond motifs is 1. The van der Waals surface area contributed by atoms with Crippen molar-refractivity contribution < 1.29 is 14.6 Å². The zero-order chi connectivity index (χ0) is 12.6. The van der Waals surface area contributed by atoms with Crippen molar-refractivity contribution in [2.75, 3.05) is 13.2 Å². The van der Waals surface area contributed by atoms with Crippen molar-refractivity contribution in [1.29, 1.82) is 0 Å². The molecule has 0 radical (unpaired) electrons. The fourth-order valence-electron chi connectivity index (χ4n) is 2.05. The number of benzene rings is 1. The molecule has 1 heterocycles. The molecular weight excluding hydrogens is 240 g/mol. The van der Waals surface area contributed by atoms with Gasteiger partial charge in [-0.15, -0.1) is 0 Å². The van der Waals surface area contributed by atoms with Crippen LogP contribution < -0.4 is 9.47 Å². The molecule has 0 aromatic heterocycles. The zero-order valence-electron chi connectivity index (χ0n) is 10.3. The van der Waals surface area contributed by atoms with Crippen LogP contribution in [0.1, 0.15) is 31.4 Å². The van der Waals surface area contributed by atoms with Crippen LogP contribution in [0.25, 0.3) is 0 Å². The molecule has 0 spiro atoms.